The van der Waals surface area contributed by atoms with Crippen LogP contribution in [0.2, 0.25) is 5.02 Å². The molecule has 0 fully saturated rings. The van der Waals surface area contributed by atoms with Crippen LogP contribution in [0.5, 0.6) is 0 Å². The van der Waals surface area contributed by atoms with Gasteiger partial charge in [0.25, 0.3) is 5.91 Å². The van der Waals surface area contributed by atoms with Gasteiger partial charge in [0.2, 0.25) is 0 Å². The zero-order chi connectivity index (χ0) is 16.9. The number of carbonyl (C=O) groups is 1. The quantitative estimate of drug-likeness (QED) is 0.772. The topological polar surface area (TPSA) is 59.8 Å². The highest BCUT2D eigenvalue weighted by atomic mass is 35.5. The van der Waals surface area contributed by atoms with Crippen LogP contribution in [-0.4, -0.2) is 20.7 Å². The highest BCUT2D eigenvalue weighted by Gasteiger charge is 2.09. The van der Waals surface area contributed by atoms with Gasteiger partial charge in [0.15, 0.2) is 0 Å². The number of aromatic nitrogens is 3. The lowest BCUT2D eigenvalue weighted by atomic mass is 10.1. The Morgan fingerprint density at radius 1 is 1.17 bits per heavy atom. The molecule has 0 saturated heterocycles. The number of hydrogen-bond acceptors (Lipinski definition) is 3. The largest absolute Gasteiger partial charge is 0.346 e. The van der Waals surface area contributed by atoms with Crippen LogP contribution in [-0.2, 0) is 13.1 Å². The Kier molecular flexibility index (Phi) is 4.91. The van der Waals surface area contributed by atoms with Crippen LogP contribution in [0.1, 0.15) is 23.0 Å². The zero-order valence-corrected chi connectivity index (χ0v) is 14.0. The first-order chi connectivity index (χ1) is 11.7. The molecular weight excluding hydrogens is 324 g/mol. The summed E-state index contributed by atoms with van der Waals surface area (Å²) in [5.41, 5.74) is 3.32. The van der Waals surface area contributed by atoms with Gasteiger partial charge >= 0.3 is 0 Å². The summed E-state index contributed by atoms with van der Waals surface area (Å²) in [4.78, 5) is 16.5. The number of nitrogens with one attached hydrogen (secondary N) is 1. The van der Waals surface area contributed by atoms with Gasteiger partial charge in [0.05, 0.1) is 17.8 Å². The van der Waals surface area contributed by atoms with Gasteiger partial charge in [-0.25, -0.2) is 0 Å². The lowest BCUT2D eigenvalue weighted by Gasteiger charge is -2.08. The number of nitrogens with zero attached hydrogens (tertiary/aromatic N) is 3. The van der Waals surface area contributed by atoms with Crippen LogP contribution in [0.25, 0.3) is 11.1 Å². The predicted octanol–water partition coefficient (Wildman–Crippen LogP) is 3.55. The molecule has 122 valence electrons. The van der Waals surface area contributed by atoms with Gasteiger partial charge in [-0.2, -0.15) is 5.10 Å². The number of carbonyl (C=O) groups excluding carboxylic acids is 1. The molecule has 2 aromatic heterocycles. The van der Waals surface area contributed by atoms with Crippen LogP contribution < -0.4 is 5.32 Å². The van der Waals surface area contributed by atoms with E-state index in [0.717, 1.165) is 23.4 Å². The second kappa shape index (κ2) is 7.27. The first kappa shape index (κ1) is 16.2. The fourth-order valence-corrected chi connectivity index (χ4v) is 2.56. The molecule has 0 radical (unpaired) electrons. The number of halogens is 1. The maximum absolute atomic E-state index is 12.4. The van der Waals surface area contributed by atoms with Gasteiger partial charge in [-0.15, -0.1) is 0 Å². The number of pyridine rings is 1. The van der Waals surface area contributed by atoms with Crippen molar-refractivity contribution in [1.82, 2.24) is 20.1 Å². The second-order valence-electron chi connectivity index (χ2n) is 5.29. The predicted molar refractivity (Wildman–Crippen MR) is 93.8 cm³/mol. The first-order valence-electron chi connectivity index (χ1n) is 7.67. The molecule has 3 rings (SSSR count). The Labute approximate surface area is 145 Å². The summed E-state index contributed by atoms with van der Waals surface area (Å²) in [6.07, 6.45) is 5.02. The first-order valence-corrected chi connectivity index (χ1v) is 8.05. The SMILES string of the molecule is CCn1nccc1CNC(=O)c1cncc(-c2ccc(Cl)cc2)c1. The smallest absolute Gasteiger partial charge is 0.253 e. The summed E-state index contributed by atoms with van der Waals surface area (Å²) < 4.78 is 1.85. The number of benzene rings is 1. The van der Waals surface area contributed by atoms with Gasteiger partial charge in [-0.1, -0.05) is 23.7 Å². The minimum Gasteiger partial charge on any atom is -0.346 e. The minimum atomic E-state index is -0.165. The number of aryl methyl sites for hydroxylation is 1. The van der Waals surface area contributed by atoms with E-state index in [4.69, 9.17) is 11.6 Å². The van der Waals surface area contributed by atoms with Crippen LogP contribution >= 0.6 is 11.6 Å². The van der Waals surface area contributed by atoms with Crippen molar-refractivity contribution in [3.8, 4) is 11.1 Å². The van der Waals surface area contributed by atoms with Crippen LogP contribution in [0.3, 0.4) is 0 Å². The van der Waals surface area contributed by atoms with Gasteiger partial charge in [-0.05, 0) is 36.8 Å². The molecule has 0 saturated carbocycles. The molecule has 0 bridgehead atoms. The van der Waals surface area contributed by atoms with Crippen molar-refractivity contribution in [3.63, 3.8) is 0 Å². The number of rotatable bonds is 5. The van der Waals surface area contributed by atoms with E-state index >= 15 is 0 Å². The lowest BCUT2D eigenvalue weighted by molar-refractivity contribution is 0.0949. The molecule has 1 aromatic carbocycles. The summed E-state index contributed by atoms with van der Waals surface area (Å²) in [7, 11) is 0. The van der Waals surface area contributed by atoms with E-state index in [2.05, 4.69) is 15.4 Å². The lowest BCUT2D eigenvalue weighted by Crippen LogP contribution is -2.24. The fourth-order valence-electron chi connectivity index (χ4n) is 2.43. The summed E-state index contributed by atoms with van der Waals surface area (Å²) in [5.74, 6) is -0.165. The Morgan fingerprint density at radius 3 is 2.71 bits per heavy atom. The molecule has 3 aromatic rings. The van der Waals surface area contributed by atoms with Crippen molar-refractivity contribution < 1.29 is 4.79 Å². The number of amides is 1. The molecule has 5 nitrogen and oxygen atoms in total. The van der Waals surface area contributed by atoms with Crippen molar-refractivity contribution in [2.75, 3.05) is 0 Å². The van der Waals surface area contributed by atoms with Crippen molar-refractivity contribution in [3.05, 3.63) is 71.3 Å². The molecule has 0 spiro atoms. The number of hydrogen-bond donors (Lipinski definition) is 1. The third-order valence-corrected chi connectivity index (χ3v) is 3.96. The fraction of sp³-hybridized carbons (Fsp3) is 0.167. The summed E-state index contributed by atoms with van der Waals surface area (Å²) in [6, 6.07) is 11.2. The van der Waals surface area contributed by atoms with E-state index in [1.165, 1.54) is 0 Å². The van der Waals surface area contributed by atoms with Crippen molar-refractivity contribution in [2.24, 2.45) is 0 Å². The van der Waals surface area contributed by atoms with Crippen LogP contribution in [0, 0.1) is 0 Å². The Morgan fingerprint density at radius 2 is 1.96 bits per heavy atom. The molecule has 0 aliphatic rings. The van der Waals surface area contributed by atoms with Crippen LogP contribution in [0.15, 0.2) is 55.0 Å². The standard InChI is InChI=1S/C18H17ClN4O/c1-2-23-17(7-8-22-23)12-21-18(24)15-9-14(10-20-11-15)13-3-5-16(19)6-4-13/h3-11H,2,12H2,1H3,(H,21,24). The van der Waals surface area contributed by atoms with Gasteiger partial charge in [0.1, 0.15) is 0 Å². The van der Waals surface area contributed by atoms with E-state index in [9.17, 15) is 4.79 Å². The molecule has 24 heavy (non-hydrogen) atoms. The monoisotopic (exact) mass is 340 g/mol. The molecule has 1 amide bonds. The third kappa shape index (κ3) is 3.63. The Balaban J connectivity index is 1.73. The normalized spacial score (nSPS) is 10.6. The molecule has 0 unspecified atom stereocenters. The molecule has 1 N–H and O–H groups in total. The maximum Gasteiger partial charge on any atom is 0.253 e. The van der Waals surface area contributed by atoms with Crippen molar-refractivity contribution in [2.45, 2.75) is 20.0 Å². The third-order valence-electron chi connectivity index (χ3n) is 3.71. The minimum absolute atomic E-state index is 0.165. The summed E-state index contributed by atoms with van der Waals surface area (Å²) in [5, 5.41) is 7.77. The van der Waals surface area contributed by atoms with Crippen molar-refractivity contribution in [1.29, 1.82) is 0 Å². The summed E-state index contributed by atoms with van der Waals surface area (Å²) in [6.45, 7) is 3.21. The second-order valence-corrected chi connectivity index (χ2v) is 5.73. The summed E-state index contributed by atoms with van der Waals surface area (Å²) >= 11 is 5.91. The average Bonchev–Trinajstić information content (AvgIpc) is 3.08. The molecule has 2 heterocycles. The van der Waals surface area contributed by atoms with Crippen LogP contribution in [0.4, 0.5) is 0 Å². The molecule has 0 atom stereocenters. The average molecular weight is 341 g/mol. The van der Waals surface area contributed by atoms with Gasteiger partial charge in [0, 0.05) is 35.7 Å². The van der Waals surface area contributed by atoms with E-state index < -0.39 is 0 Å². The molecule has 0 aliphatic heterocycles. The van der Waals surface area contributed by atoms with Crippen molar-refractivity contribution >= 4 is 17.5 Å². The van der Waals surface area contributed by atoms with Gasteiger partial charge < -0.3 is 5.32 Å². The Bertz CT molecular complexity index is 842. The molecular formula is C18H17ClN4O. The van der Waals surface area contributed by atoms with E-state index in [0.29, 0.717) is 17.1 Å². The zero-order valence-electron chi connectivity index (χ0n) is 13.2. The van der Waals surface area contributed by atoms with E-state index in [1.54, 1.807) is 18.6 Å². The highest BCUT2D eigenvalue weighted by molar-refractivity contribution is 6.30. The maximum atomic E-state index is 12.4. The van der Waals surface area contributed by atoms with E-state index in [-0.39, 0.29) is 5.91 Å². The highest BCUT2D eigenvalue weighted by Crippen LogP contribution is 2.21. The molecule has 6 heteroatoms. The molecule has 0 aliphatic carbocycles. The van der Waals surface area contributed by atoms with E-state index in [1.807, 2.05) is 48.0 Å². The van der Waals surface area contributed by atoms with Gasteiger partial charge in [-0.3, -0.25) is 14.5 Å². The Hall–Kier alpha value is -2.66.